The summed E-state index contributed by atoms with van der Waals surface area (Å²) >= 11 is 9.09. The molecule has 0 saturated heterocycles. The fourth-order valence-electron chi connectivity index (χ4n) is 0.751. The van der Waals surface area contributed by atoms with Crippen molar-refractivity contribution in [1.82, 2.24) is 9.78 Å². The first-order chi connectivity index (χ1) is 5.49. The zero-order chi connectivity index (χ0) is 9.35. The Labute approximate surface area is 84.1 Å². The van der Waals surface area contributed by atoms with Crippen molar-refractivity contribution in [1.29, 1.82) is 5.26 Å². The molecule has 0 unspecified atom stereocenters. The lowest BCUT2D eigenvalue weighted by atomic mass is 10.1. The fraction of sp³-hybridized carbons (Fsp3) is 0.429. The van der Waals surface area contributed by atoms with Crippen LogP contribution in [0.3, 0.4) is 0 Å². The van der Waals surface area contributed by atoms with Gasteiger partial charge in [0.1, 0.15) is 10.7 Å². The molecular weight excluding hydrogens is 241 g/mol. The largest absolute Gasteiger partial charge is 0.233 e. The Hall–Kier alpha value is -0.530. The molecule has 5 heteroatoms. The number of hydrogen-bond acceptors (Lipinski definition) is 2. The Morgan fingerprint density at radius 2 is 2.33 bits per heavy atom. The molecule has 3 nitrogen and oxygen atoms in total. The van der Waals surface area contributed by atoms with Gasteiger partial charge in [0, 0.05) is 0 Å². The average molecular weight is 249 g/mol. The average Bonchev–Trinajstić information content (AvgIpc) is 2.33. The Bertz CT molecular complexity index is 337. The molecular formula is C7H7BrClN3. The normalized spacial score (nSPS) is 11.2. The van der Waals surface area contributed by atoms with Crippen LogP contribution in [0, 0.1) is 11.3 Å². The SMILES string of the molecule is CC(C)(C#N)n1ncc(Br)c1Cl. The van der Waals surface area contributed by atoms with E-state index >= 15 is 0 Å². The molecule has 0 spiro atoms. The Morgan fingerprint density at radius 1 is 1.75 bits per heavy atom. The first-order valence-corrected chi connectivity index (χ1v) is 4.47. The third kappa shape index (κ3) is 1.47. The van der Waals surface area contributed by atoms with Crippen LogP contribution in [0.5, 0.6) is 0 Å². The minimum absolute atomic E-state index is 0.446. The summed E-state index contributed by atoms with van der Waals surface area (Å²) in [6.07, 6.45) is 1.57. The van der Waals surface area contributed by atoms with Crippen LogP contribution in [0.15, 0.2) is 10.7 Å². The van der Waals surface area contributed by atoms with Gasteiger partial charge in [-0.05, 0) is 29.8 Å². The van der Waals surface area contributed by atoms with Crippen LogP contribution in [-0.4, -0.2) is 9.78 Å². The molecule has 1 heterocycles. The van der Waals surface area contributed by atoms with Gasteiger partial charge in [-0.1, -0.05) is 11.6 Å². The molecule has 1 aromatic rings. The summed E-state index contributed by atoms with van der Waals surface area (Å²) in [5.41, 5.74) is -0.705. The maximum Gasteiger partial charge on any atom is 0.145 e. The van der Waals surface area contributed by atoms with Crippen molar-refractivity contribution < 1.29 is 0 Å². The van der Waals surface area contributed by atoms with Crippen LogP contribution in [0.1, 0.15) is 13.8 Å². The molecule has 0 radical (unpaired) electrons. The van der Waals surface area contributed by atoms with Gasteiger partial charge in [0.15, 0.2) is 0 Å². The highest BCUT2D eigenvalue weighted by molar-refractivity contribution is 9.10. The summed E-state index contributed by atoms with van der Waals surface area (Å²) in [5.74, 6) is 0. The summed E-state index contributed by atoms with van der Waals surface area (Å²) in [6, 6.07) is 2.11. The van der Waals surface area contributed by atoms with Crippen molar-refractivity contribution in [3.63, 3.8) is 0 Å². The monoisotopic (exact) mass is 247 g/mol. The van der Waals surface area contributed by atoms with Gasteiger partial charge in [-0.25, -0.2) is 4.68 Å². The van der Waals surface area contributed by atoms with E-state index in [1.54, 1.807) is 20.0 Å². The summed E-state index contributed by atoms with van der Waals surface area (Å²) < 4.78 is 2.17. The Kier molecular flexibility index (Phi) is 2.45. The molecule has 1 rings (SSSR count). The highest BCUT2D eigenvalue weighted by atomic mass is 79.9. The highest BCUT2D eigenvalue weighted by Crippen LogP contribution is 2.26. The highest BCUT2D eigenvalue weighted by Gasteiger charge is 2.23. The summed E-state index contributed by atoms with van der Waals surface area (Å²) in [6.45, 7) is 3.50. The minimum atomic E-state index is -0.705. The van der Waals surface area contributed by atoms with Gasteiger partial charge in [-0.3, -0.25) is 0 Å². The van der Waals surface area contributed by atoms with Gasteiger partial charge in [0.25, 0.3) is 0 Å². The van der Waals surface area contributed by atoms with Crippen LogP contribution >= 0.6 is 27.5 Å². The Balaban J connectivity index is 3.22. The molecule has 64 valence electrons. The number of hydrogen-bond donors (Lipinski definition) is 0. The van der Waals surface area contributed by atoms with Gasteiger partial charge in [0.2, 0.25) is 0 Å². The zero-order valence-corrected chi connectivity index (χ0v) is 9.02. The fourth-order valence-corrected chi connectivity index (χ4v) is 1.31. The zero-order valence-electron chi connectivity index (χ0n) is 6.67. The van der Waals surface area contributed by atoms with Crippen molar-refractivity contribution in [3.05, 3.63) is 15.8 Å². The summed E-state index contributed by atoms with van der Waals surface area (Å²) in [4.78, 5) is 0. The molecule has 0 aromatic carbocycles. The van der Waals surface area contributed by atoms with E-state index in [1.165, 1.54) is 4.68 Å². The molecule has 0 aliphatic carbocycles. The molecule has 0 atom stereocenters. The topological polar surface area (TPSA) is 41.6 Å². The van der Waals surface area contributed by atoms with Crippen molar-refractivity contribution in [2.24, 2.45) is 0 Å². The molecule has 0 amide bonds. The van der Waals surface area contributed by atoms with E-state index in [2.05, 4.69) is 27.1 Å². The van der Waals surface area contributed by atoms with E-state index in [0.29, 0.717) is 9.63 Å². The van der Waals surface area contributed by atoms with E-state index in [-0.39, 0.29) is 0 Å². The van der Waals surface area contributed by atoms with Crippen LogP contribution in [0.2, 0.25) is 5.15 Å². The third-order valence-corrected chi connectivity index (χ3v) is 2.65. The van der Waals surface area contributed by atoms with E-state index in [4.69, 9.17) is 16.9 Å². The molecule has 0 bridgehead atoms. The second-order valence-corrected chi connectivity index (χ2v) is 4.08. The predicted molar refractivity (Wildman–Crippen MR) is 49.9 cm³/mol. The first-order valence-electron chi connectivity index (χ1n) is 3.30. The standard InChI is InChI=1S/C7H7BrClN3/c1-7(2,4-10)12-6(9)5(8)3-11-12/h3H,1-2H3. The second kappa shape index (κ2) is 3.08. The maximum atomic E-state index is 8.80. The molecule has 0 aliphatic heterocycles. The van der Waals surface area contributed by atoms with Crippen molar-refractivity contribution >= 4 is 27.5 Å². The van der Waals surface area contributed by atoms with Gasteiger partial charge in [0.05, 0.1) is 16.7 Å². The van der Waals surface area contributed by atoms with Crippen LogP contribution in [0.25, 0.3) is 0 Å². The molecule has 0 N–H and O–H groups in total. The number of nitriles is 1. The van der Waals surface area contributed by atoms with Crippen LogP contribution in [-0.2, 0) is 5.54 Å². The smallest absolute Gasteiger partial charge is 0.145 e. The van der Waals surface area contributed by atoms with Gasteiger partial charge >= 0.3 is 0 Å². The second-order valence-electron chi connectivity index (χ2n) is 2.87. The lowest BCUT2D eigenvalue weighted by molar-refractivity contribution is 0.419. The van der Waals surface area contributed by atoms with Gasteiger partial charge < -0.3 is 0 Å². The predicted octanol–water partition coefficient (Wildman–Crippen LogP) is 2.56. The molecule has 0 fully saturated rings. The quantitative estimate of drug-likeness (QED) is 0.766. The van der Waals surface area contributed by atoms with Gasteiger partial charge in [-0.15, -0.1) is 0 Å². The van der Waals surface area contributed by atoms with E-state index in [9.17, 15) is 0 Å². The summed E-state index contributed by atoms with van der Waals surface area (Å²) in [7, 11) is 0. The van der Waals surface area contributed by atoms with Crippen molar-refractivity contribution in [2.45, 2.75) is 19.4 Å². The van der Waals surface area contributed by atoms with E-state index in [1.807, 2.05) is 0 Å². The van der Waals surface area contributed by atoms with Gasteiger partial charge in [-0.2, -0.15) is 10.4 Å². The van der Waals surface area contributed by atoms with E-state index < -0.39 is 5.54 Å². The number of nitrogens with zero attached hydrogens (tertiary/aromatic N) is 3. The van der Waals surface area contributed by atoms with Crippen molar-refractivity contribution in [3.8, 4) is 6.07 Å². The van der Waals surface area contributed by atoms with Crippen molar-refractivity contribution in [2.75, 3.05) is 0 Å². The lowest BCUT2D eigenvalue weighted by Crippen LogP contribution is -2.25. The molecule has 0 aliphatic rings. The third-order valence-electron chi connectivity index (χ3n) is 1.47. The van der Waals surface area contributed by atoms with Crippen LogP contribution < -0.4 is 0 Å². The maximum absolute atomic E-state index is 8.80. The number of aromatic nitrogens is 2. The number of halogens is 2. The molecule has 12 heavy (non-hydrogen) atoms. The molecule has 0 saturated carbocycles. The van der Waals surface area contributed by atoms with E-state index in [0.717, 1.165) is 0 Å². The first kappa shape index (κ1) is 9.56. The van der Waals surface area contributed by atoms with Crippen LogP contribution in [0.4, 0.5) is 0 Å². The minimum Gasteiger partial charge on any atom is -0.233 e. The summed E-state index contributed by atoms with van der Waals surface area (Å²) in [5, 5.41) is 13.2. The molecule has 1 aromatic heterocycles. The lowest BCUT2D eigenvalue weighted by Gasteiger charge is -2.16. The Morgan fingerprint density at radius 3 is 2.67 bits per heavy atom. The number of rotatable bonds is 1.